The maximum atomic E-state index is 12.2. The van der Waals surface area contributed by atoms with Gasteiger partial charge in [-0.25, -0.2) is 0 Å². The van der Waals surface area contributed by atoms with Crippen LogP contribution >= 0.6 is 34.8 Å². The number of methoxy groups -OCH3 is 2. The molecule has 0 atom stereocenters. The van der Waals surface area contributed by atoms with E-state index in [1.165, 1.54) is 25.1 Å². The topological polar surface area (TPSA) is 67.9 Å². The van der Waals surface area contributed by atoms with Crippen LogP contribution in [0.5, 0.6) is 11.5 Å². The number of ether oxygens (including phenoxy) is 2. The zero-order chi connectivity index (χ0) is 16.4. The maximum absolute atomic E-state index is 12.2. The standard InChI is InChI=1S/C14H13IN2O4S/c1-17-13(19)8(12(18)16-14(17)22)4-7-5-9(15)11(21-3)10(6-7)20-2/h4-6H,1-3H3,(H,16,18,22). The quantitative estimate of drug-likeness (QED) is 0.340. The molecule has 2 amide bonds. The van der Waals surface area contributed by atoms with E-state index in [9.17, 15) is 9.59 Å². The summed E-state index contributed by atoms with van der Waals surface area (Å²) in [6, 6.07) is 3.49. The number of amides is 2. The summed E-state index contributed by atoms with van der Waals surface area (Å²) in [5.41, 5.74) is 0.667. The third-order valence-corrected chi connectivity index (χ3v) is 4.25. The van der Waals surface area contributed by atoms with E-state index in [1.807, 2.05) is 0 Å². The maximum Gasteiger partial charge on any atom is 0.265 e. The molecule has 22 heavy (non-hydrogen) atoms. The van der Waals surface area contributed by atoms with Gasteiger partial charge in [0.25, 0.3) is 11.8 Å². The van der Waals surface area contributed by atoms with Gasteiger partial charge in [0.1, 0.15) is 5.57 Å². The number of rotatable bonds is 3. The lowest BCUT2D eigenvalue weighted by molar-refractivity contribution is -0.128. The summed E-state index contributed by atoms with van der Waals surface area (Å²) in [6.07, 6.45) is 1.50. The minimum atomic E-state index is -0.516. The van der Waals surface area contributed by atoms with Crippen molar-refractivity contribution in [1.29, 1.82) is 0 Å². The zero-order valence-electron chi connectivity index (χ0n) is 12.1. The van der Waals surface area contributed by atoms with E-state index in [4.69, 9.17) is 21.7 Å². The molecule has 1 N–H and O–H groups in total. The number of hydrogen-bond acceptors (Lipinski definition) is 5. The molecule has 1 fully saturated rings. The Kier molecular flexibility index (Phi) is 5.01. The summed E-state index contributed by atoms with van der Waals surface area (Å²) in [4.78, 5) is 25.3. The van der Waals surface area contributed by atoms with Crippen molar-refractivity contribution in [2.45, 2.75) is 0 Å². The first-order valence-electron chi connectivity index (χ1n) is 6.15. The average molecular weight is 432 g/mol. The number of nitrogens with one attached hydrogen (secondary N) is 1. The molecule has 1 aromatic rings. The van der Waals surface area contributed by atoms with Gasteiger partial charge in [0.05, 0.1) is 17.8 Å². The van der Waals surface area contributed by atoms with Crippen LogP contribution in [0.1, 0.15) is 5.56 Å². The summed E-state index contributed by atoms with van der Waals surface area (Å²) in [6.45, 7) is 0. The molecule has 0 spiro atoms. The van der Waals surface area contributed by atoms with Crippen molar-refractivity contribution >= 4 is 57.8 Å². The Hall–Kier alpha value is -1.68. The Morgan fingerprint density at radius 3 is 2.55 bits per heavy atom. The monoisotopic (exact) mass is 432 g/mol. The van der Waals surface area contributed by atoms with Crippen LogP contribution in [0, 0.1) is 3.57 Å². The number of halogens is 1. The van der Waals surface area contributed by atoms with E-state index < -0.39 is 11.8 Å². The van der Waals surface area contributed by atoms with Crippen LogP contribution < -0.4 is 14.8 Å². The molecule has 0 bridgehead atoms. The second kappa shape index (κ2) is 6.61. The number of carbonyl (C=O) groups is 2. The normalized spacial score (nSPS) is 16.8. The fraction of sp³-hybridized carbons (Fsp3) is 0.214. The van der Waals surface area contributed by atoms with Crippen molar-refractivity contribution < 1.29 is 19.1 Å². The molecule has 2 rings (SSSR count). The van der Waals surface area contributed by atoms with E-state index in [-0.39, 0.29) is 10.7 Å². The Bertz CT molecular complexity index is 702. The lowest BCUT2D eigenvalue weighted by Gasteiger charge is -2.25. The fourth-order valence-electron chi connectivity index (χ4n) is 1.93. The highest BCUT2D eigenvalue weighted by atomic mass is 127. The number of likely N-dealkylation sites (N-methyl/N-ethyl adjacent to an activating group) is 1. The molecular weight excluding hydrogens is 419 g/mol. The SMILES string of the molecule is COc1cc(C=C2C(=O)NC(=S)N(C)C2=O)cc(I)c1OC. The molecule has 8 heteroatoms. The van der Waals surface area contributed by atoms with Crippen LogP contribution in [-0.4, -0.2) is 43.1 Å². The van der Waals surface area contributed by atoms with Crippen molar-refractivity contribution in [3.05, 3.63) is 26.8 Å². The third-order valence-electron chi connectivity index (χ3n) is 3.07. The molecule has 0 unspecified atom stereocenters. The Balaban J connectivity index is 2.48. The highest BCUT2D eigenvalue weighted by molar-refractivity contribution is 14.1. The molecule has 1 heterocycles. The van der Waals surface area contributed by atoms with E-state index >= 15 is 0 Å². The van der Waals surface area contributed by atoms with Gasteiger partial charge in [-0.2, -0.15) is 0 Å². The molecule has 1 aliphatic rings. The lowest BCUT2D eigenvalue weighted by Crippen LogP contribution is -2.52. The molecule has 1 aliphatic heterocycles. The van der Waals surface area contributed by atoms with Gasteiger partial charge in [-0.15, -0.1) is 0 Å². The van der Waals surface area contributed by atoms with Gasteiger partial charge in [0, 0.05) is 7.05 Å². The summed E-state index contributed by atoms with van der Waals surface area (Å²) >= 11 is 7.00. The number of benzene rings is 1. The van der Waals surface area contributed by atoms with E-state index in [0.717, 1.165) is 3.57 Å². The number of carbonyl (C=O) groups excluding carboxylic acids is 2. The van der Waals surface area contributed by atoms with Crippen molar-refractivity contribution in [3.63, 3.8) is 0 Å². The van der Waals surface area contributed by atoms with Crippen LogP contribution in [0.4, 0.5) is 0 Å². The molecular formula is C14H13IN2O4S. The Morgan fingerprint density at radius 1 is 1.27 bits per heavy atom. The van der Waals surface area contributed by atoms with Crippen LogP contribution in [0.3, 0.4) is 0 Å². The second-order valence-electron chi connectivity index (χ2n) is 4.42. The highest BCUT2D eigenvalue weighted by Gasteiger charge is 2.30. The van der Waals surface area contributed by atoms with Gasteiger partial charge in [0.2, 0.25) is 0 Å². The molecule has 1 saturated heterocycles. The largest absolute Gasteiger partial charge is 0.493 e. The van der Waals surface area contributed by atoms with E-state index in [1.54, 1.807) is 19.2 Å². The lowest BCUT2D eigenvalue weighted by atomic mass is 10.1. The molecule has 1 aromatic carbocycles. The average Bonchev–Trinajstić information content (AvgIpc) is 2.48. The molecule has 0 radical (unpaired) electrons. The number of thiocarbonyl (C=S) groups is 1. The summed E-state index contributed by atoms with van der Waals surface area (Å²) in [5.74, 6) is 0.160. The van der Waals surface area contributed by atoms with Crippen molar-refractivity contribution in [2.24, 2.45) is 0 Å². The zero-order valence-corrected chi connectivity index (χ0v) is 15.1. The van der Waals surface area contributed by atoms with Crippen molar-refractivity contribution in [2.75, 3.05) is 21.3 Å². The van der Waals surface area contributed by atoms with Crippen LogP contribution in [0.15, 0.2) is 17.7 Å². The van der Waals surface area contributed by atoms with Crippen molar-refractivity contribution in [1.82, 2.24) is 10.2 Å². The highest BCUT2D eigenvalue weighted by Crippen LogP contribution is 2.34. The minimum Gasteiger partial charge on any atom is -0.493 e. The molecule has 0 aliphatic carbocycles. The number of nitrogens with zero attached hydrogens (tertiary/aromatic N) is 1. The summed E-state index contributed by atoms with van der Waals surface area (Å²) in [7, 11) is 4.58. The first-order valence-corrected chi connectivity index (χ1v) is 7.64. The van der Waals surface area contributed by atoms with Gasteiger partial charge < -0.3 is 9.47 Å². The molecule has 0 aromatic heterocycles. The van der Waals surface area contributed by atoms with Gasteiger partial charge in [-0.1, -0.05) is 0 Å². The first-order chi connectivity index (χ1) is 10.4. The second-order valence-corrected chi connectivity index (χ2v) is 5.97. The molecule has 116 valence electrons. The van der Waals surface area contributed by atoms with Crippen LogP contribution in [-0.2, 0) is 9.59 Å². The first kappa shape index (κ1) is 16.7. The predicted molar refractivity (Wildman–Crippen MR) is 93.8 cm³/mol. The fourth-order valence-corrected chi connectivity index (χ4v) is 2.95. The predicted octanol–water partition coefficient (Wildman–Crippen LogP) is 1.56. The van der Waals surface area contributed by atoms with Crippen molar-refractivity contribution in [3.8, 4) is 11.5 Å². The van der Waals surface area contributed by atoms with Crippen LogP contribution in [0.2, 0.25) is 0 Å². The smallest absolute Gasteiger partial charge is 0.265 e. The van der Waals surface area contributed by atoms with E-state index in [0.29, 0.717) is 17.1 Å². The van der Waals surface area contributed by atoms with Gasteiger partial charge >= 0.3 is 0 Å². The Labute approximate surface area is 146 Å². The minimum absolute atomic E-state index is 0.0131. The summed E-state index contributed by atoms with van der Waals surface area (Å²) < 4.78 is 11.3. The number of hydrogen-bond donors (Lipinski definition) is 1. The molecule has 6 nitrogen and oxygen atoms in total. The van der Waals surface area contributed by atoms with Gasteiger partial charge in [0.15, 0.2) is 16.6 Å². The van der Waals surface area contributed by atoms with Gasteiger partial charge in [-0.3, -0.25) is 19.8 Å². The van der Waals surface area contributed by atoms with Gasteiger partial charge in [-0.05, 0) is 58.6 Å². The third kappa shape index (κ3) is 3.07. The van der Waals surface area contributed by atoms with Crippen LogP contribution in [0.25, 0.3) is 6.08 Å². The molecule has 0 saturated carbocycles. The Morgan fingerprint density at radius 2 is 1.95 bits per heavy atom. The van der Waals surface area contributed by atoms with E-state index in [2.05, 4.69) is 27.9 Å². The summed E-state index contributed by atoms with van der Waals surface area (Å²) in [5, 5.41) is 2.56.